The van der Waals surface area contributed by atoms with Crippen LogP contribution in [0.25, 0.3) is 0 Å². The van der Waals surface area contributed by atoms with Crippen LogP contribution in [0.5, 0.6) is 0 Å². The maximum Gasteiger partial charge on any atom is 0.306 e. The molecule has 420 valence electrons. The molecular weight excluding hydrogens is 897 g/mol. The maximum atomic E-state index is 12.3. The van der Waals surface area contributed by atoms with Gasteiger partial charge in [0.1, 0.15) is 6.61 Å². The minimum absolute atomic E-state index is 0.0660. The van der Waals surface area contributed by atoms with E-state index in [-0.39, 0.29) is 25.2 Å². The maximum absolute atomic E-state index is 12.3. The molecule has 0 spiro atoms. The van der Waals surface area contributed by atoms with Crippen LogP contribution in [0.15, 0.2) is 97.2 Å². The summed E-state index contributed by atoms with van der Waals surface area (Å²) in [5.74, 6) is -0.582. The number of hydrogen-bond donors (Lipinski definition) is 1. The molecule has 0 amide bonds. The molecule has 73 heavy (non-hydrogen) atoms. The van der Waals surface area contributed by atoms with Crippen LogP contribution in [-0.4, -0.2) is 36.4 Å². The minimum atomic E-state index is -0.776. The Morgan fingerprint density at radius 3 is 0.890 bits per heavy atom. The average molecular weight is 1020 g/mol. The van der Waals surface area contributed by atoms with Gasteiger partial charge < -0.3 is 14.6 Å². The van der Waals surface area contributed by atoms with E-state index in [0.717, 1.165) is 89.9 Å². The van der Waals surface area contributed by atoms with E-state index in [9.17, 15) is 14.7 Å². The fraction of sp³-hybridized carbons (Fsp3) is 0.735. The van der Waals surface area contributed by atoms with Crippen molar-refractivity contribution in [1.29, 1.82) is 0 Å². The summed E-state index contributed by atoms with van der Waals surface area (Å²) in [5, 5.41) is 9.67. The van der Waals surface area contributed by atoms with Gasteiger partial charge in [0.25, 0.3) is 0 Å². The predicted molar refractivity (Wildman–Crippen MR) is 320 cm³/mol. The van der Waals surface area contributed by atoms with Crippen LogP contribution in [0.1, 0.15) is 303 Å². The van der Waals surface area contributed by atoms with E-state index in [0.29, 0.717) is 12.8 Å². The molecule has 0 aromatic heterocycles. The van der Waals surface area contributed by atoms with Crippen molar-refractivity contribution in [3.05, 3.63) is 97.2 Å². The van der Waals surface area contributed by atoms with Crippen molar-refractivity contribution in [2.45, 2.75) is 309 Å². The number of unbranched alkanes of at least 4 members (excludes halogenated alkanes) is 33. The fourth-order valence-electron chi connectivity index (χ4n) is 8.99. The van der Waals surface area contributed by atoms with Gasteiger partial charge in [0.2, 0.25) is 0 Å². The van der Waals surface area contributed by atoms with Gasteiger partial charge in [-0.2, -0.15) is 0 Å². The molecule has 0 heterocycles. The molecule has 0 aliphatic carbocycles. The Hall–Kier alpha value is -3.18. The van der Waals surface area contributed by atoms with Crippen molar-refractivity contribution >= 4 is 11.9 Å². The number of carbonyl (C=O) groups excluding carboxylic acids is 2. The van der Waals surface area contributed by atoms with Crippen molar-refractivity contribution in [3.8, 4) is 0 Å². The van der Waals surface area contributed by atoms with Crippen molar-refractivity contribution in [2.24, 2.45) is 0 Å². The zero-order valence-electron chi connectivity index (χ0n) is 48.1. The van der Waals surface area contributed by atoms with Crippen LogP contribution in [0.4, 0.5) is 0 Å². The van der Waals surface area contributed by atoms with Crippen molar-refractivity contribution in [3.63, 3.8) is 0 Å². The predicted octanol–water partition coefficient (Wildman–Crippen LogP) is 21.5. The second-order valence-electron chi connectivity index (χ2n) is 20.8. The lowest BCUT2D eigenvalue weighted by Gasteiger charge is -2.15. The summed E-state index contributed by atoms with van der Waals surface area (Å²) in [6, 6.07) is 0. The lowest BCUT2D eigenvalue weighted by Crippen LogP contribution is -2.28. The molecule has 0 fully saturated rings. The third-order valence-electron chi connectivity index (χ3n) is 13.6. The Labute approximate surface area is 453 Å². The molecule has 0 radical (unpaired) electrons. The van der Waals surface area contributed by atoms with Crippen LogP contribution in [0.3, 0.4) is 0 Å². The first-order valence-corrected chi connectivity index (χ1v) is 31.3. The molecule has 0 bridgehead atoms. The lowest BCUT2D eigenvalue weighted by atomic mass is 10.0. The van der Waals surface area contributed by atoms with Gasteiger partial charge in [0.05, 0.1) is 6.61 Å². The molecule has 1 unspecified atom stereocenters. The summed E-state index contributed by atoms with van der Waals surface area (Å²) in [4.78, 5) is 24.6. The number of aliphatic hydroxyl groups excluding tert-OH is 1. The first kappa shape index (κ1) is 69.8. The van der Waals surface area contributed by atoms with E-state index in [1.165, 1.54) is 186 Å². The summed E-state index contributed by atoms with van der Waals surface area (Å²) >= 11 is 0. The van der Waals surface area contributed by atoms with E-state index in [1.807, 2.05) is 0 Å². The zero-order valence-corrected chi connectivity index (χ0v) is 48.1. The van der Waals surface area contributed by atoms with E-state index in [2.05, 4.69) is 111 Å². The van der Waals surface area contributed by atoms with Gasteiger partial charge in [-0.25, -0.2) is 0 Å². The molecule has 0 aromatic rings. The van der Waals surface area contributed by atoms with E-state index in [1.54, 1.807) is 0 Å². The van der Waals surface area contributed by atoms with Crippen LogP contribution in [-0.2, 0) is 19.1 Å². The summed E-state index contributed by atoms with van der Waals surface area (Å²) in [5.41, 5.74) is 0. The normalized spacial score (nSPS) is 12.9. The van der Waals surface area contributed by atoms with Crippen molar-refractivity contribution < 1.29 is 24.2 Å². The second kappa shape index (κ2) is 63.1. The van der Waals surface area contributed by atoms with Crippen molar-refractivity contribution in [2.75, 3.05) is 13.2 Å². The lowest BCUT2D eigenvalue weighted by molar-refractivity contribution is -0.161. The third-order valence-corrected chi connectivity index (χ3v) is 13.6. The Bertz CT molecular complexity index is 1380. The number of carbonyl (C=O) groups is 2. The van der Waals surface area contributed by atoms with Gasteiger partial charge in [0, 0.05) is 12.8 Å². The van der Waals surface area contributed by atoms with E-state index >= 15 is 0 Å². The molecule has 0 aromatic carbocycles. The molecule has 1 atom stereocenters. The van der Waals surface area contributed by atoms with Gasteiger partial charge in [-0.15, -0.1) is 0 Å². The molecular formula is C68H118O5. The number of ether oxygens (including phenoxy) is 2. The minimum Gasteiger partial charge on any atom is -0.462 e. The van der Waals surface area contributed by atoms with E-state index in [4.69, 9.17) is 9.47 Å². The molecule has 0 saturated carbocycles. The molecule has 5 heteroatoms. The van der Waals surface area contributed by atoms with Crippen molar-refractivity contribution in [1.82, 2.24) is 0 Å². The largest absolute Gasteiger partial charge is 0.462 e. The highest BCUT2D eigenvalue weighted by atomic mass is 16.6. The zero-order chi connectivity index (χ0) is 52.7. The van der Waals surface area contributed by atoms with Gasteiger partial charge in [0.15, 0.2) is 6.10 Å². The number of aliphatic hydroxyl groups is 1. The smallest absolute Gasteiger partial charge is 0.306 e. The van der Waals surface area contributed by atoms with Gasteiger partial charge >= 0.3 is 11.9 Å². The summed E-state index contributed by atoms with van der Waals surface area (Å²) in [6.07, 6.45) is 89.7. The van der Waals surface area contributed by atoms with E-state index < -0.39 is 6.10 Å². The Balaban J connectivity index is 3.50. The molecule has 5 nitrogen and oxygen atoms in total. The van der Waals surface area contributed by atoms with Gasteiger partial charge in [-0.1, -0.05) is 310 Å². The Kier molecular flexibility index (Phi) is 60.4. The SMILES string of the molecule is CC/C=C\C/C=C\C/C=C\C/C=C\C/C=C\C/C=C\C/C=C\C/C=C\CCCCCCCCCCCCCCC(=O)OC(CO)COC(=O)CCCCCCCCCCCCCCCCCCCCCCCC. The number of rotatable bonds is 57. The monoisotopic (exact) mass is 1010 g/mol. The topological polar surface area (TPSA) is 72.8 Å². The Morgan fingerprint density at radius 1 is 0.329 bits per heavy atom. The quantitative estimate of drug-likeness (QED) is 0.0373. The fourth-order valence-corrected chi connectivity index (χ4v) is 8.99. The highest BCUT2D eigenvalue weighted by Crippen LogP contribution is 2.17. The van der Waals surface area contributed by atoms with Gasteiger partial charge in [-0.3, -0.25) is 9.59 Å². The summed E-state index contributed by atoms with van der Waals surface area (Å²) in [6.45, 7) is 4.06. The Morgan fingerprint density at radius 2 is 0.589 bits per heavy atom. The second-order valence-corrected chi connectivity index (χ2v) is 20.8. The highest BCUT2D eigenvalue weighted by molar-refractivity contribution is 5.70. The number of esters is 2. The van der Waals surface area contributed by atoms with Crippen LogP contribution in [0.2, 0.25) is 0 Å². The van der Waals surface area contributed by atoms with Crippen LogP contribution >= 0.6 is 0 Å². The van der Waals surface area contributed by atoms with Gasteiger partial charge in [-0.05, 0) is 77.0 Å². The standard InChI is InChI=1S/C68H118O5/c1-3-5-7-9-11-13-15-17-19-21-23-25-27-28-29-30-31-32-33-34-35-36-37-38-39-40-41-43-45-47-49-51-53-55-57-59-61-63-68(71)73-66(64-69)65-72-67(70)62-60-58-56-54-52-50-48-46-44-42-26-24-22-20-18-16-14-12-10-8-6-4-2/h5,7,11,13,17,19,23,25,28-29,31-32,34-35,37-38,66,69H,3-4,6,8-10,12,14-16,18,20-22,24,26-27,30,33,36,39-65H2,1-2H3/b7-5-,13-11-,19-17-,25-23-,29-28-,32-31-,35-34-,38-37-. The molecule has 0 saturated heterocycles. The number of hydrogen-bond acceptors (Lipinski definition) is 5. The number of allylic oxidation sites excluding steroid dienone is 16. The van der Waals surface area contributed by atoms with Crippen LogP contribution in [0, 0.1) is 0 Å². The average Bonchev–Trinajstić information content (AvgIpc) is 3.39. The van der Waals surface area contributed by atoms with Crippen LogP contribution < -0.4 is 0 Å². The molecule has 1 N–H and O–H groups in total. The third kappa shape index (κ3) is 61.3. The first-order valence-electron chi connectivity index (χ1n) is 31.3. The molecule has 0 aliphatic heterocycles. The summed E-state index contributed by atoms with van der Waals surface area (Å²) in [7, 11) is 0. The highest BCUT2D eigenvalue weighted by Gasteiger charge is 2.16. The molecule has 0 aliphatic rings. The first-order chi connectivity index (χ1) is 36.1. The molecule has 0 rings (SSSR count). The summed E-state index contributed by atoms with van der Waals surface area (Å²) < 4.78 is 10.7.